The second-order valence-corrected chi connectivity index (χ2v) is 14.6. The smallest absolute Gasteiger partial charge is 0.238 e. The minimum absolute atomic E-state index is 0.0576. The third kappa shape index (κ3) is 4.56. The molecule has 0 radical (unpaired) electrons. The lowest BCUT2D eigenvalue weighted by atomic mass is 9.53. The van der Waals surface area contributed by atoms with Crippen LogP contribution >= 0.6 is 23.2 Å². The molecule has 2 aromatic rings. The average molecular weight is 619 g/mol. The van der Waals surface area contributed by atoms with E-state index in [0.29, 0.717) is 49.2 Å². The second-order valence-electron chi connectivity index (χ2n) is 13.8. The molecule has 2 heterocycles. The first-order valence-corrected chi connectivity index (χ1v) is 15.6. The van der Waals surface area contributed by atoms with Crippen molar-refractivity contribution < 1.29 is 24.1 Å². The minimum atomic E-state index is -1.28. The van der Waals surface area contributed by atoms with E-state index in [-0.39, 0.29) is 33.9 Å². The molecule has 2 spiro atoms. The van der Waals surface area contributed by atoms with Crippen LogP contribution in [0, 0.1) is 11.2 Å². The van der Waals surface area contributed by atoms with Gasteiger partial charge in [-0.2, -0.15) is 0 Å². The van der Waals surface area contributed by atoms with Crippen LogP contribution in [0.4, 0.5) is 10.1 Å². The molecule has 1 saturated heterocycles. The summed E-state index contributed by atoms with van der Waals surface area (Å²) < 4.78 is 16.1. The maximum atomic E-state index is 16.1. The fourth-order valence-electron chi connectivity index (χ4n) is 8.17. The highest BCUT2D eigenvalue weighted by Gasteiger charge is 2.73. The quantitative estimate of drug-likeness (QED) is 0.225. The van der Waals surface area contributed by atoms with E-state index in [2.05, 4.69) is 29.8 Å². The summed E-state index contributed by atoms with van der Waals surface area (Å²) in [6.07, 6.45) is 5.34. The minimum Gasteiger partial charge on any atom is -0.352 e. The molecule has 1 unspecified atom stereocenters. The molecule has 7 nitrogen and oxygen atoms in total. The molecule has 3 atom stereocenters. The Morgan fingerprint density at radius 3 is 2.40 bits per heavy atom. The van der Waals surface area contributed by atoms with Crippen molar-refractivity contribution in [2.45, 2.75) is 107 Å². The van der Waals surface area contributed by atoms with E-state index in [1.807, 2.05) is 13.0 Å². The number of halogens is 3. The van der Waals surface area contributed by atoms with E-state index < -0.39 is 34.3 Å². The first-order valence-electron chi connectivity index (χ1n) is 14.8. The van der Waals surface area contributed by atoms with Gasteiger partial charge in [-0.1, -0.05) is 55.2 Å². The van der Waals surface area contributed by atoms with Gasteiger partial charge in [0.1, 0.15) is 16.8 Å². The number of anilines is 1. The third-order valence-electron chi connectivity index (χ3n) is 10.7. The Bertz CT molecular complexity index is 1420. The summed E-state index contributed by atoms with van der Waals surface area (Å²) in [5, 5.41) is 19.7. The van der Waals surface area contributed by atoms with Crippen LogP contribution in [0.1, 0.15) is 89.2 Å². The molecule has 0 bridgehead atoms. The number of carbonyl (C=O) groups is 2. The Kier molecular flexibility index (Phi) is 7.42. The summed E-state index contributed by atoms with van der Waals surface area (Å²) in [6, 6.07) is 9.08. The molecule has 3 fully saturated rings. The van der Waals surface area contributed by atoms with Gasteiger partial charge < -0.3 is 10.6 Å². The zero-order valence-electron chi connectivity index (χ0n) is 24.2. The van der Waals surface area contributed by atoms with E-state index in [1.165, 1.54) is 6.07 Å². The van der Waals surface area contributed by atoms with Crippen molar-refractivity contribution in [2.24, 2.45) is 5.41 Å². The van der Waals surface area contributed by atoms with Crippen molar-refractivity contribution in [2.75, 3.05) is 5.32 Å². The van der Waals surface area contributed by atoms with Gasteiger partial charge in [0.25, 0.3) is 0 Å². The molecule has 0 aromatic heterocycles. The highest BCUT2D eigenvalue weighted by molar-refractivity contribution is 6.31. The largest absolute Gasteiger partial charge is 0.352 e. The SMILES string of the molecule is CC1(C)CCC2(CC1)NC(C(=O)N[C@H]1CC[C@@](C)(OO)CC1)[C@H](c1cccc(Cl)c1F)[C@]21C(=O)Nc2cc(Cl)ccc21. The standard InChI is InChI=1S/C32H38Cl2FN3O4/c1-29(2)13-15-31(16-14-29)32(21-8-7-18(33)17-23(21)37-28(32)40)24(20-5-4-6-22(34)25(20)35)26(38-31)27(39)36-19-9-11-30(3,42-41)12-10-19/h4-8,17,19,24,26,38,41H,9-16H2,1-3H3,(H,36,39)(H,37,40)/t19-,24-,26?,30+,32+/m0/s1. The van der Waals surface area contributed by atoms with Crippen molar-refractivity contribution >= 4 is 40.7 Å². The highest BCUT2D eigenvalue weighted by atomic mass is 35.5. The van der Waals surface area contributed by atoms with Gasteiger partial charge in [-0.25, -0.2) is 9.28 Å². The van der Waals surface area contributed by atoms with E-state index >= 15 is 4.39 Å². The molecule has 4 aliphatic rings. The number of amides is 2. The molecule has 4 N–H and O–H groups in total. The zero-order chi connectivity index (χ0) is 30.1. The molecule has 2 amide bonds. The molecular weight excluding hydrogens is 580 g/mol. The van der Waals surface area contributed by atoms with Crippen molar-refractivity contribution in [1.29, 1.82) is 0 Å². The van der Waals surface area contributed by atoms with E-state index in [9.17, 15) is 14.8 Å². The molecule has 2 aliphatic carbocycles. The maximum Gasteiger partial charge on any atom is 0.238 e. The number of nitrogens with one attached hydrogen (secondary N) is 3. The van der Waals surface area contributed by atoms with Crippen LogP contribution < -0.4 is 16.0 Å². The fourth-order valence-corrected chi connectivity index (χ4v) is 8.52. The summed E-state index contributed by atoms with van der Waals surface area (Å²) in [5.41, 5.74) is -1.14. The van der Waals surface area contributed by atoms with Crippen molar-refractivity contribution in [3.05, 3.63) is 63.4 Å². The van der Waals surface area contributed by atoms with Gasteiger partial charge in [0.15, 0.2) is 0 Å². The summed E-state index contributed by atoms with van der Waals surface area (Å²) in [7, 11) is 0. The first-order chi connectivity index (χ1) is 19.8. The number of fused-ring (bicyclic) bond motifs is 3. The van der Waals surface area contributed by atoms with E-state index in [0.717, 1.165) is 18.4 Å². The summed E-state index contributed by atoms with van der Waals surface area (Å²) in [5.74, 6) is -2.05. The second kappa shape index (κ2) is 10.4. The molecular formula is C32H38Cl2FN3O4. The molecule has 2 aromatic carbocycles. The van der Waals surface area contributed by atoms with Crippen LogP contribution in [0.2, 0.25) is 10.0 Å². The molecule has 42 heavy (non-hydrogen) atoms. The van der Waals surface area contributed by atoms with E-state index in [1.54, 1.807) is 24.3 Å². The van der Waals surface area contributed by atoms with Crippen LogP contribution in [0.3, 0.4) is 0 Å². The lowest BCUT2D eigenvalue weighted by Crippen LogP contribution is -2.61. The molecule has 10 heteroatoms. The summed E-state index contributed by atoms with van der Waals surface area (Å²) >= 11 is 12.7. The maximum absolute atomic E-state index is 16.1. The Balaban J connectivity index is 1.50. The van der Waals surface area contributed by atoms with Crippen molar-refractivity contribution in [3.63, 3.8) is 0 Å². The van der Waals surface area contributed by atoms with Crippen molar-refractivity contribution in [3.8, 4) is 0 Å². The van der Waals surface area contributed by atoms with Gasteiger partial charge in [0, 0.05) is 28.2 Å². The van der Waals surface area contributed by atoms with Crippen LogP contribution in [0.25, 0.3) is 0 Å². The highest BCUT2D eigenvalue weighted by Crippen LogP contribution is 2.64. The van der Waals surface area contributed by atoms with Crippen LogP contribution in [0.5, 0.6) is 0 Å². The van der Waals surface area contributed by atoms with Gasteiger partial charge in [0.05, 0.1) is 11.1 Å². The summed E-state index contributed by atoms with van der Waals surface area (Å²) in [4.78, 5) is 33.6. The zero-order valence-corrected chi connectivity index (χ0v) is 25.7. The van der Waals surface area contributed by atoms with E-state index in [4.69, 9.17) is 28.1 Å². The number of rotatable bonds is 4. The Morgan fingerprint density at radius 1 is 1.05 bits per heavy atom. The van der Waals surface area contributed by atoms with Gasteiger partial charge in [-0.15, -0.1) is 0 Å². The van der Waals surface area contributed by atoms with Crippen LogP contribution in [0.15, 0.2) is 36.4 Å². The molecule has 2 saturated carbocycles. The predicted octanol–water partition coefficient (Wildman–Crippen LogP) is 6.72. The monoisotopic (exact) mass is 617 g/mol. The number of benzene rings is 2. The topological polar surface area (TPSA) is 99.7 Å². The van der Waals surface area contributed by atoms with Crippen LogP contribution in [-0.4, -0.2) is 40.3 Å². The van der Waals surface area contributed by atoms with Gasteiger partial charge in [-0.05, 0) is 93.0 Å². The van der Waals surface area contributed by atoms with Gasteiger partial charge in [-0.3, -0.25) is 20.2 Å². The average Bonchev–Trinajstić information content (AvgIpc) is 3.41. The van der Waals surface area contributed by atoms with Crippen LogP contribution in [-0.2, 0) is 19.9 Å². The molecule has 2 aliphatic heterocycles. The Morgan fingerprint density at radius 2 is 1.74 bits per heavy atom. The number of carbonyl (C=O) groups excluding carboxylic acids is 2. The lowest BCUT2D eigenvalue weighted by molar-refractivity contribution is -0.325. The fraction of sp³-hybridized carbons (Fsp3) is 0.562. The third-order valence-corrected chi connectivity index (χ3v) is 11.2. The van der Waals surface area contributed by atoms with Crippen molar-refractivity contribution in [1.82, 2.24) is 10.6 Å². The normalized spacial score (nSPS) is 33.0. The van der Waals surface area contributed by atoms with Gasteiger partial charge >= 0.3 is 0 Å². The number of hydrogen-bond acceptors (Lipinski definition) is 5. The van der Waals surface area contributed by atoms with Gasteiger partial charge in [0.2, 0.25) is 11.8 Å². The Hall–Kier alpha value is -2.23. The first kappa shape index (κ1) is 29.8. The molecule has 6 rings (SSSR count). The number of hydrogen-bond donors (Lipinski definition) is 4. The Labute approximate surface area is 255 Å². The lowest BCUT2D eigenvalue weighted by Gasteiger charge is -2.50. The summed E-state index contributed by atoms with van der Waals surface area (Å²) in [6.45, 7) is 6.28. The molecule has 226 valence electrons. The predicted molar refractivity (Wildman–Crippen MR) is 160 cm³/mol.